The maximum absolute atomic E-state index is 12.1. The zero-order valence-electron chi connectivity index (χ0n) is 13.0. The largest absolute Gasteiger partial charge is 0.330 e. The summed E-state index contributed by atoms with van der Waals surface area (Å²) in [6.45, 7) is 2.48. The number of benzene rings is 1. The lowest BCUT2D eigenvalue weighted by Crippen LogP contribution is -2.39. The molecule has 6 heteroatoms. The molecular weight excluding hydrogens is 302 g/mol. The molecule has 0 aliphatic rings. The molecule has 0 fully saturated rings. The number of aryl methyl sites for hydroxylation is 1. The Balaban J connectivity index is 2.19. The number of hydrogen-bond acceptors (Lipinski definition) is 3. The molecule has 118 valence electrons. The van der Waals surface area contributed by atoms with E-state index in [9.17, 15) is 9.59 Å². The van der Waals surface area contributed by atoms with Crippen LogP contribution in [0.25, 0.3) is 0 Å². The topological polar surface area (TPSA) is 56.0 Å². The third-order valence-electron chi connectivity index (χ3n) is 3.74. The quantitative estimate of drug-likeness (QED) is 0.916. The molecule has 1 aromatic heterocycles. The highest BCUT2D eigenvalue weighted by atomic mass is 35.5. The molecule has 1 N–H and O–H groups in total. The van der Waals surface area contributed by atoms with Crippen LogP contribution >= 0.6 is 11.6 Å². The summed E-state index contributed by atoms with van der Waals surface area (Å²) >= 11 is 5.91. The molecule has 0 amide bonds. The fraction of sp³-hybridized carbons (Fsp3) is 0.375. The highest BCUT2D eigenvalue weighted by molar-refractivity contribution is 6.30. The van der Waals surface area contributed by atoms with Crippen LogP contribution in [0.1, 0.15) is 30.5 Å². The van der Waals surface area contributed by atoms with Crippen molar-refractivity contribution in [3.63, 3.8) is 0 Å². The zero-order valence-corrected chi connectivity index (χ0v) is 13.7. The van der Waals surface area contributed by atoms with Crippen molar-refractivity contribution >= 4 is 11.6 Å². The normalized spacial score (nSPS) is 12.4. The van der Waals surface area contributed by atoms with Crippen LogP contribution < -0.4 is 16.6 Å². The molecular formula is C16H20ClN3O2. The molecule has 1 aromatic carbocycles. The minimum Gasteiger partial charge on any atom is -0.306 e. The fourth-order valence-corrected chi connectivity index (χ4v) is 2.56. The zero-order chi connectivity index (χ0) is 16.3. The minimum absolute atomic E-state index is 0.124. The van der Waals surface area contributed by atoms with Crippen LogP contribution in [0.5, 0.6) is 0 Å². The van der Waals surface area contributed by atoms with Crippen LogP contribution in [0.15, 0.2) is 40.1 Å². The average molecular weight is 322 g/mol. The van der Waals surface area contributed by atoms with E-state index in [-0.39, 0.29) is 17.3 Å². The Kier molecular flexibility index (Phi) is 5.21. The van der Waals surface area contributed by atoms with Crippen LogP contribution in [0.3, 0.4) is 0 Å². The lowest BCUT2D eigenvalue weighted by atomic mass is 10.0. The summed E-state index contributed by atoms with van der Waals surface area (Å²) in [6, 6.07) is 7.78. The predicted molar refractivity (Wildman–Crippen MR) is 88.2 cm³/mol. The number of hydrogen-bond donors (Lipinski definition) is 1. The summed E-state index contributed by atoms with van der Waals surface area (Å²) in [5.41, 5.74) is 1.10. The molecule has 1 atom stereocenters. The molecule has 5 nitrogen and oxygen atoms in total. The first-order valence-electron chi connectivity index (χ1n) is 7.18. The van der Waals surface area contributed by atoms with Gasteiger partial charge < -0.3 is 9.88 Å². The van der Waals surface area contributed by atoms with Gasteiger partial charge in [-0.25, -0.2) is 4.79 Å². The molecule has 1 heterocycles. The first-order valence-corrected chi connectivity index (χ1v) is 7.56. The second-order valence-corrected chi connectivity index (χ2v) is 5.74. The van der Waals surface area contributed by atoms with E-state index >= 15 is 0 Å². The smallest absolute Gasteiger partial charge is 0.306 e. The van der Waals surface area contributed by atoms with E-state index in [0.29, 0.717) is 17.1 Å². The van der Waals surface area contributed by atoms with Gasteiger partial charge in [0.1, 0.15) is 0 Å². The third-order valence-corrected chi connectivity index (χ3v) is 3.99. The van der Waals surface area contributed by atoms with Gasteiger partial charge >= 0.3 is 5.69 Å². The van der Waals surface area contributed by atoms with Crippen molar-refractivity contribution in [3.8, 4) is 0 Å². The summed E-state index contributed by atoms with van der Waals surface area (Å²) in [7, 11) is 3.13. The van der Waals surface area contributed by atoms with Gasteiger partial charge in [-0.05, 0) is 24.1 Å². The Morgan fingerprint density at radius 1 is 1.18 bits per heavy atom. The van der Waals surface area contributed by atoms with Gasteiger partial charge in [0.05, 0.1) is 0 Å². The number of rotatable bonds is 5. The highest BCUT2D eigenvalue weighted by Gasteiger charge is 2.11. The van der Waals surface area contributed by atoms with Crippen molar-refractivity contribution in [3.05, 3.63) is 67.4 Å². The number of nitrogens with zero attached hydrogens (tertiary/aromatic N) is 2. The SMILES string of the molecule is CCC(NCc1cn(C)c(=O)n(C)c1=O)c1ccc(Cl)cc1. The Morgan fingerprint density at radius 2 is 1.82 bits per heavy atom. The summed E-state index contributed by atoms with van der Waals surface area (Å²) < 4.78 is 2.54. The van der Waals surface area contributed by atoms with Crippen molar-refractivity contribution < 1.29 is 0 Å². The molecule has 0 radical (unpaired) electrons. The van der Waals surface area contributed by atoms with Gasteiger partial charge in [-0.1, -0.05) is 30.7 Å². The van der Waals surface area contributed by atoms with E-state index in [1.807, 2.05) is 24.3 Å². The van der Waals surface area contributed by atoms with Crippen molar-refractivity contribution in [2.45, 2.75) is 25.9 Å². The van der Waals surface area contributed by atoms with E-state index in [1.54, 1.807) is 13.2 Å². The molecule has 0 bridgehead atoms. The second kappa shape index (κ2) is 6.94. The van der Waals surface area contributed by atoms with E-state index in [1.165, 1.54) is 11.6 Å². The van der Waals surface area contributed by atoms with Gasteiger partial charge in [0, 0.05) is 43.5 Å². The summed E-state index contributed by atoms with van der Waals surface area (Å²) in [4.78, 5) is 23.8. The van der Waals surface area contributed by atoms with E-state index in [0.717, 1.165) is 16.6 Å². The van der Waals surface area contributed by atoms with Gasteiger partial charge in [-0.15, -0.1) is 0 Å². The van der Waals surface area contributed by atoms with E-state index < -0.39 is 0 Å². The van der Waals surface area contributed by atoms with Crippen molar-refractivity contribution in [2.24, 2.45) is 14.1 Å². The van der Waals surface area contributed by atoms with Gasteiger partial charge in [0.15, 0.2) is 0 Å². The van der Waals surface area contributed by atoms with Crippen LogP contribution in [-0.2, 0) is 20.6 Å². The van der Waals surface area contributed by atoms with Crippen molar-refractivity contribution in [1.82, 2.24) is 14.5 Å². The maximum Gasteiger partial charge on any atom is 0.330 e. The monoisotopic (exact) mass is 321 g/mol. The van der Waals surface area contributed by atoms with Crippen LogP contribution in [0.2, 0.25) is 5.02 Å². The summed E-state index contributed by atoms with van der Waals surface area (Å²) in [5, 5.41) is 4.06. The van der Waals surface area contributed by atoms with Crippen LogP contribution in [0, 0.1) is 0 Å². The number of halogens is 1. The predicted octanol–water partition coefficient (Wildman–Crippen LogP) is 1.98. The first kappa shape index (κ1) is 16.5. The Morgan fingerprint density at radius 3 is 2.41 bits per heavy atom. The second-order valence-electron chi connectivity index (χ2n) is 5.31. The minimum atomic E-state index is -0.321. The van der Waals surface area contributed by atoms with E-state index in [4.69, 9.17) is 11.6 Å². The maximum atomic E-state index is 12.1. The van der Waals surface area contributed by atoms with Crippen LogP contribution in [0.4, 0.5) is 0 Å². The Labute approximate surface area is 134 Å². The molecule has 0 spiro atoms. The summed E-state index contributed by atoms with van der Waals surface area (Å²) in [6.07, 6.45) is 2.47. The Hall–Kier alpha value is -1.85. The van der Waals surface area contributed by atoms with Gasteiger partial charge in [0.2, 0.25) is 0 Å². The summed E-state index contributed by atoms with van der Waals surface area (Å²) in [5.74, 6) is 0. The molecule has 0 saturated heterocycles. The Bertz CT molecular complexity index is 762. The van der Waals surface area contributed by atoms with Gasteiger partial charge in [-0.2, -0.15) is 0 Å². The lowest BCUT2D eigenvalue weighted by Gasteiger charge is -2.18. The fourth-order valence-electron chi connectivity index (χ4n) is 2.43. The van der Waals surface area contributed by atoms with Crippen LogP contribution in [-0.4, -0.2) is 9.13 Å². The lowest BCUT2D eigenvalue weighted by molar-refractivity contribution is 0.511. The molecule has 2 aromatic rings. The van der Waals surface area contributed by atoms with Crippen molar-refractivity contribution in [2.75, 3.05) is 0 Å². The van der Waals surface area contributed by atoms with Crippen molar-refractivity contribution in [1.29, 1.82) is 0 Å². The molecule has 0 saturated carbocycles. The molecule has 0 aliphatic carbocycles. The molecule has 2 rings (SSSR count). The first-order chi connectivity index (χ1) is 10.4. The van der Waals surface area contributed by atoms with Gasteiger partial charge in [-0.3, -0.25) is 9.36 Å². The number of nitrogens with one attached hydrogen (secondary N) is 1. The molecule has 22 heavy (non-hydrogen) atoms. The van der Waals surface area contributed by atoms with Gasteiger partial charge in [0.25, 0.3) is 5.56 Å². The molecule has 1 unspecified atom stereocenters. The molecule has 0 aliphatic heterocycles. The number of aromatic nitrogens is 2. The highest BCUT2D eigenvalue weighted by Crippen LogP contribution is 2.19. The average Bonchev–Trinajstić information content (AvgIpc) is 2.52. The third kappa shape index (κ3) is 3.48. The van der Waals surface area contributed by atoms with E-state index in [2.05, 4.69) is 12.2 Å². The standard InChI is InChI=1S/C16H20ClN3O2/c1-4-14(11-5-7-13(17)8-6-11)18-9-12-10-19(2)16(22)20(3)15(12)21/h5-8,10,14,18H,4,9H2,1-3H3.